The van der Waals surface area contributed by atoms with Gasteiger partial charge in [0.15, 0.2) is 11.5 Å². The van der Waals surface area contributed by atoms with Gasteiger partial charge in [0, 0.05) is 36.7 Å². The van der Waals surface area contributed by atoms with E-state index in [1.807, 2.05) is 0 Å². The Morgan fingerprint density at radius 1 is 1.23 bits per heavy atom. The minimum Gasteiger partial charge on any atom is -0.492 e. The molecule has 7 nitrogen and oxygen atoms in total. The lowest BCUT2D eigenvalue weighted by Crippen LogP contribution is -2.71. The second-order valence-corrected chi connectivity index (χ2v) is 6.01. The van der Waals surface area contributed by atoms with Crippen LogP contribution in [0, 0.1) is 0 Å². The fraction of sp³-hybridized carbons (Fsp3) is 0.533. The number of methoxy groups -OCH3 is 1. The Bertz CT molecular complexity index is 677. The minimum atomic E-state index is -1.78. The summed E-state index contributed by atoms with van der Waals surface area (Å²) in [7, 11) is 4.52. The van der Waals surface area contributed by atoms with Gasteiger partial charge in [-0.2, -0.15) is 0 Å². The number of amides is 1. The molecule has 0 saturated carbocycles. The van der Waals surface area contributed by atoms with Crippen LogP contribution in [0.3, 0.4) is 0 Å². The van der Waals surface area contributed by atoms with E-state index in [4.69, 9.17) is 4.74 Å². The van der Waals surface area contributed by atoms with Crippen molar-refractivity contribution in [2.75, 3.05) is 27.7 Å². The highest BCUT2D eigenvalue weighted by molar-refractivity contribution is 6.25. The fourth-order valence-corrected chi connectivity index (χ4v) is 3.57. The SMILES string of the molecule is COC1=C(C)C(=O)C2=C(C1=O)[C@@H]1CN(C)C(=O)[C@](O)(C2)N1C. The first kappa shape index (κ1) is 14.9. The highest BCUT2D eigenvalue weighted by Crippen LogP contribution is 2.42. The molecular formula is C15H18N2O5. The number of hydrogen-bond donors (Lipinski definition) is 1. The highest BCUT2D eigenvalue weighted by Gasteiger charge is 2.57. The summed E-state index contributed by atoms with van der Waals surface area (Å²) in [5.74, 6) is -1.09. The molecule has 22 heavy (non-hydrogen) atoms. The Balaban J connectivity index is 2.19. The van der Waals surface area contributed by atoms with Crippen molar-refractivity contribution in [1.29, 1.82) is 0 Å². The molecule has 1 N–H and O–H groups in total. The molecule has 3 aliphatic rings. The zero-order valence-electron chi connectivity index (χ0n) is 13.0. The lowest BCUT2D eigenvalue weighted by molar-refractivity contribution is -0.190. The van der Waals surface area contributed by atoms with Gasteiger partial charge in [0.1, 0.15) is 0 Å². The molecule has 0 unspecified atom stereocenters. The van der Waals surface area contributed by atoms with Gasteiger partial charge in [-0.15, -0.1) is 0 Å². The Morgan fingerprint density at radius 3 is 2.45 bits per heavy atom. The van der Waals surface area contributed by atoms with E-state index in [0.29, 0.717) is 5.57 Å². The molecule has 0 radical (unpaired) electrons. The highest BCUT2D eigenvalue weighted by atomic mass is 16.5. The van der Waals surface area contributed by atoms with Gasteiger partial charge >= 0.3 is 0 Å². The van der Waals surface area contributed by atoms with Gasteiger partial charge in [-0.25, -0.2) is 0 Å². The van der Waals surface area contributed by atoms with Gasteiger partial charge in [0.2, 0.25) is 11.5 Å². The molecule has 2 atom stereocenters. The van der Waals surface area contributed by atoms with Crippen LogP contribution in [-0.4, -0.2) is 71.9 Å². The lowest BCUT2D eigenvalue weighted by Gasteiger charge is -2.52. The number of ether oxygens (including phenoxy) is 1. The standard InChI is InChI=1S/C15H18N2O5/c1-7-11(18)8-5-15(21)14(20)16(2)6-9(17(15)3)10(8)12(19)13(7)22-4/h9,21H,5-6H2,1-4H3/t9-,15+/m0/s1. The van der Waals surface area contributed by atoms with E-state index in [2.05, 4.69) is 0 Å². The quantitative estimate of drug-likeness (QED) is 0.640. The maximum absolute atomic E-state index is 12.7. The van der Waals surface area contributed by atoms with Gasteiger partial charge in [-0.1, -0.05) is 0 Å². The molecule has 7 heteroatoms. The third-order valence-electron chi connectivity index (χ3n) is 4.88. The van der Waals surface area contributed by atoms with E-state index in [0.717, 1.165) is 0 Å². The lowest BCUT2D eigenvalue weighted by atomic mass is 9.75. The molecule has 1 saturated heterocycles. The Hall–Kier alpha value is -1.99. The second-order valence-electron chi connectivity index (χ2n) is 6.01. The number of aliphatic hydroxyl groups is 1. The Kier molecular flexibility index (Phi) is 3.05. The number of Topliss-reactive ketones (excluding diaryl/α,β-unsaturated/α-hetero) is 2. The molecule has 2 aliphatic heterocycles. The van der Waals surface area contributed by atoms with Gasteiger partial charge in [0.05, 0.1) is 13.2 Å². The smallest absolute Gasteiger partial charge is 0.270 e. The summed E-state index contributed by atoms with van der Waals surface area (Å²) < 4.78 is 5.09. The number of rotatable bonds is 1. The number of nitrogens with zero attached hydrogens (tertiary/aromatic N) is 2. The number of carbonyl (C=O) groups is 3. The van der Waals surface area contributed by atoms with E-state index >= 15 is 0 Å². The number of likely N-dealkylation sites (N-methyl/N-ethyl adjacent to an activating group) is 2. The van der Waals surface area contributed by atoms with Gasteiger partial charge in [0.25, 0.3) is 5.91 Å². The molecule has 3 rings (SSSR count). The summed E-state index contributed by atoms with van der Waals surface area (Å²) in [6, 6.07) is -0.522. The van der Waals surface area contributed by atoms with Crippen LogP contribution < -0.4 is 0 Å². The molecule has 0 spiro atoms. The van der Waals surface area contributed by atoms with E-state index in [9.17, 15) is 19.5 Å². The van der Waals surface area contributed by atoms with Crippen molar-refractivity contribution in [3.05, 3.63) is 22.5 Å². The zero-order valence-corrected chi connectivity index (χ0v) is 13.0. The van der Waals surface area contributed by atoms with Crippen LogP contribution in [0.25, 0.3) is 0 Å². The van der Waals surface area contributed by atoms with E-state index in [1.54, 1.807) is 14.1 Å². The Labute approximate surface area is 127 Å². The molecule has 1 aliphatic carbocycles. The first-order chi connectivity index (χ1) is 10.2. The zero-order chi connectivity index (χ0) is 16.4. The first-order valence-electron chi connectivity index (χ1n) is 7.02. The molecule has 2 heterocycles. The van der Waals surface area contributed by atoms with Crippen LogP contribution >= 0.6 is 0 Å². The molecule has 118 valence electrons. The average molecular weight is 306 g/mol. The van der Waals surface area contributed by atoms with Crippen LogP contribution in [0.1, 0.15) is 13.3 Å². The van der Waals surface area contributed by atoms with Crippen molar-refractivity contribution < 1.29 is 24.2 Å². The van der Waals surface area contributed by atoms with Crippen molar-refractivity contribution in [2.45, 2.75) is 25.1 Å². The topological polar surface area (TPSA) is 87.2 Å². The summed E-state index contributed by atoms with van der Waals surface area (Å²) in [6.07, 6.45) is -0.183. The van der Waals surface area contributed by atoms with E-state index in [1.165, 1.54) is 23.8 Å². The predicted octanol–water partition coefficient (Wildman–Crippen LogP) is -0.780. The van der Waals surface area contributed by atoms with E-state index < -0.39 is 17.7 Å². The third kappa shape index (κ3) is 1.60. The first-order valence-corrected chi connectivity index (χ1v) is 7.02. The molecule has 2 bridgehead atoms. The molecule has 0 aromatic carbocycles. The van der Waals surface area contributed by atoms with Crippen LogP contribution in [0.4, 0.5) is 0 Å². The monoisotopic (exact) mass is 306 g/mol. The molecular weight excluding hydrogens is 288 g/mol. The molecule has 1 fully saturated rings. The Morgan fingerprint density at radius 2 is 1.86 bits per heavy atom. The maximum atomic E-state index is 12.7. The number of hydrogen-bond acceptors (Lipinski definition) is 6. The fourth-order valence-electron chi connectivity index (χ4n) is 3.57. The summed E-state index contributed by atoms with van der Waals surface area (Å²) in [4.78, 5) is 40.4. The maximum Gasteiger partial charge on any atom is 0.270 e. The van der Waals surface area contributed by atoms with Crippen molar-refractivity contribution in [3.8, 4) is 0 Å². The largest absolute Gasteiger partial charge is 0.492 e. The van der Waals surface area contributed by atoms with Crippen molar-refractivity contribution in [1.82, 2.24) is 9.80 Å². The number of fused-ring (bicyclic) bond motifs is 3. The van der Waals surface area contributed by atoms with Crippen molar-refractivity contribution in [3.63, 3.8) is 0 Å². The van der Waals surface area contributed by atoms with Gasteiger partial charge in [-0.3, -0.25) is 19.3 Å². The van der Waals surface area contributed by atoms with Crippen LogP contribution in [0.2, 0.25) is 0 Å². The summed E-state index contributed by atoms with van der Waals surface area (Å²) in [5.41, 5.74) is -0.996. The van der Waals surface area contributed by atoms with Crippen molar-refractivity contribution in [2.24, 2.45) is 0 Å². The van der Waals surface area contributed by atoms with Crippen LogP contribution in [0.5, 0.6) is 0 Å². The van der Waals surface area contributed by atoms with Gasteiger partial charge < -0.3 is 14.7 Å². The number of carbonyl (C=O) groups excluding carboxylic acids is 3. The number of piperazine rings is 1. The number of ketones is 2. The normalized spacial score (nSPS) is 32.7. The van der Waals surface area contributed by atoms with Crippen molar-refractivity contribution >= 4 is 17.5 Å². The molecule has 0 aromatic rings. The third-order valence-corrected chi connectivity index (χ3v) is 4.88. The summed E-state index contributed by atoms with van der Waals surface area (Å²) in [6.45, 7) is 1.76. The minimum absolute atomic E-state index is 0.0437. The van der Waals surface area contributed by atoms with Crippen LogP contribution in [0.15, 0.2) is 22.5 Å². The average Bonchev–Trinajstić information content (AvgIpc) is 2.47. The van der Waals surface area contributed by atoms with E-state index in [-0.39, 0.29) is 41.4 Å². The molecule has 0 aromatic heterocycles. The van der Waals surface area contributed by atoms with Crippen LogP contribution in [-0.2, 0) is 19.1 Å². The predicted molar refractivity (Wildman–Crippen MR) is 75.5 cm³/mol. The number of allylic oxidation sites excluding steroid dienone is 2. The second kappa shape index (κ2) is 4.50. The summed E-state index contributed by atoms with van der Waals surface area (Å²) in [5, 5.41) is 10.8. The van der Waals surface area contributed by atoms with Gasteiger partial charge in [-0.05, 0) is 14.0 Å². The molecule has 1 amide bonds. The summed E-state index contributed by atoms with van der Waals surface area (Å²) >= 11 is 0.